The summed E-state index contributed by atoms with van der Waals surface area (Å²) < 4.78 is 6.35. The molecule has 29 heavy (non-hydrogen) atoms. The van der Waals surface area contributed by atoms with Crippen molar-refractivity contribution >= 4 is 40.2 Å². The van der Waals surface area contributed by atoms with Crippen molar-refractivity contribution in [3.05, 3.63) is 96.1 Å². The van der Waals surface area contributed by atoms with Crippen molar-refractivity contribution in [2.75, 3.05) is 4.90 Å². The predicted molar refractivity (Wildman–Crippen MR) is 122 cm³/mol. The van der Waals surface area contributed by atoms with Crippen LogP contribution in [0, 0.1) is 13.8 Å². The lowest BCUT2D eigenvalue weighted by molar-refractivity contribution is 0.487. The molecule has 2 aliphatic rings. The summed E-state index contributed by atoms with van der Waals surface area (Å²) in [6.45, 7) is 4.48. The van der Waals surface area contributed by atoms with Crippen molar-refractivity contribution in [1.29, 1.82) is 0 Å². The summed E-state index contributed by atoms with van der Waals surface area (Å²) in [4.78, 5) is 2.38. The molecule has 2 heterocycles. The molecule has 0 aliphatic carbocycles. The molecule has 4 aromatic rings. The zero-order valence-electron chi connectivity index (χ0n) is 16.5. The summed E-state index contributed by atoms with van der Waals surface area (Å²) in [5.74, 6) is 1.91. The van der Waals surface area contributed by atoms with Gasteiger partial charge in [0.15, 0.2) is 0 Å². The van der Waals surface area contributed by atoms with Crippen LogP contribution in [0.15, 0.2) is 84.9 Å². The Morgan fingerprint density at radius 3 is 2.28 bits per heavy atom. The van der Waals surface area contributed by atoms with E-state index in [4.69, 9.17) is 4.74 Å². The van der Waals surface area contributed by atoms with Crippen LogP contribution in [0.2, 0.25) is 0 Å². The third kappa shape index (κ3) is 2.37. The highest BCUT2D eigenvalue weighted by atomic mass is 16.5. The second-order valence-electron chi connectivity index (χ2n) is 8.00. The zero-order valence-corrected chi connectivity index (χ0v) is 16.5. The zero-order chi connectivity index (χ0) is 19.5. The molecule has 0 spiro atoms. The lowest BCUT2D eigenvalue weighted by Gasteiger charge is -2.40. The lowest BCUT2D eigenvalue weighted by atomic mass is 9.34. The second kappa shape index (κ2) is 6.02. The Labute approximate surface area is 171 Å². The molecule has 138 valence electrons. The maximum absolute atomic E-state index is 6.35. The SMILES string of the molecule is Cc1ccc(N2c3ccc(C)cc3B3c4ccccc4Oc4cccc2c43)cc1. The van der Waals surface area contributed by atoms with Crippen LogP contribution in [0.4, 0.5) is 17.1 Å². The summed E-state index contributed by atoms with van der Waals surface area (Å²) in [5.41, 5.74) is 9.98. The fraction of sp³-hybridized carbons (Fsp3) is 0.0769. The van der Waals surface area contributed by atoms with Gasteiger partial charge in [-0.15, -0.1) is 0 Å². The Balaban J connectivity index is 1.69. The molecule has 0 radical (unpaired) electrons. The molecule has 0 saturated heterocycles. The van der Waals surface area contributed by atoms with Crippen LogP contribution in [-0.4, -0.2) is 6.71 Å². The van der Waals surface area contributed by atoms with Crippen molar-refractivity contribution in [1.82, 2.24) is 0 Å². The monoisotopic (exact) mass is 373 g/mol. The standard InChI is InChI=1S/C26H20BNO/c1-17-10-13-19(14-11-17)28-22-15-12-18(2)16-21(22)27-20-6-3-4-8-24(20)29-25-9-5-7-23(28)26(25)27/h3-16H,1-2H3. The van der Waals surface area contributed by atoms with Crippen LogP contribution in [0.3, 0.4) is 0 Å². The van der Waals surface area contributed by atoms with Gasteiger partial charge in [0.25, 0.3) is 6.71 Å². The molecule has 2 aliphatic heterocycles. The highest BCUT2D eigenvalue weighted by Crippen LogP contribution is 2.40. The summed E-state index contributed by atoms with van der Waals surface area (Å²) >= 11 is 0. The van der Waals surface area contributed by atoms with Gasteiger partial charge in [-0.1, -0.05) is 59.7 Å². The maximum Gasteiger partial charge on any atom is 0.256 e. The maximum atomic E-state index is 6.35. The van der Waals surface area contributed by atoms with Crippen molar-refractivity contribution in [2.24, 2.45) is 0 Å². The molecule has 4 aromatic carbocycles. The average Bonchev–Trinajstić information content (AvgIpc) is 2.74. The van der Waals surface area contributed by atoms with Crippen molar-refractivity contribution < 1.29 is 4.74 Å². The van der Waals surface area contributed by atoms with Crippen LogP contribution in [0.1, 0.15) is 11.1 Å². The van der Waals surface area contributed by atoms with E-state index >= 15 is 0 Å². The molecule has 0 amide bonds. The number of ether oxygens (including phenoxy) is 1. The fourth-order valence-corrected chi connectivity index (χ4v) is 4.73. The Bertz CT molecular complexity index is 1260. The quantitative estimate of drug-likeness (QED) is 0.387. The molecule has 0 saturated carbocycles. The molecule has 0 aromatic heterocycles. The minimum Gasteiger partial charge on any atom is -0.458 e. The van der Waals surface area contributed by atoms with Gasteiger partial charge in [-0.2, -0.15) is 0 Å². The van der Waals surface area contributed by atoms with Gasteiger partial charge in [0.1, 0.15) is 11.5 Å². The largest absolute Gasteiger partial charge is 0.458 e. The van der Waals surface area contributed by atoms with Crippen molar-refractivity contribution in [2.45, 2.75) is 13.8 Å². The van der Waals surface area contributed by atoms with Gasteiger partial charge in [-0.05, 0) is 66.6 Å². The van der Waals surface area contributed by atoms with E-state index in [1.165, 1.54) is 44.6 Å². The van der Waals surface area contributed by atoms with Gasteiger partial charge in [0.05, 0.1) is 0 Å². The van der Waals surface area contributed by atoms with E-state index in [0.717, 1.165) is 11.5 Å². The number of fused-ring (bicyclic) bond motifs is 4. The van der Waals surface area contributed by atoms with E-state index in [9.17, 15) is 0 Å². The summed E-state index contributed by atoms with van der Waals surface area (Å²) in [5, 5.41) is 0. The van der Waals surface area contributed by atoms with Gasteiger partial charge in [-0.3, -0.25) is 0 Å². The van der Waals surface area contributed by atoms with Crippen LogP contribution in [0.5, 0.6) is 11.5 Å². The number of hydrogen-bond donors (Lipinski definition) is 0. The molecule has 0 fully saturated rings. The first-order chi connectivity index (χ1) is 14.2. The van der Waals surface area contributed by atoms with Crippen molar-refractivity contribution in [3.8, 4) is 11.5 Å². The molecule has 0 N–H and O–H groups in total. The number of anilines is 3. The molecular formula is C26H20BNO. The first kappa shape index (κ1) is 16.5. The van der Waals surface area contributed by atoms with Gasteiger partial charge in [-0.25, -0.2) is 0 Å². The van der Waals surface area contributed by atoms with E-state index in [1.807, 2.05) is 6.07 Å². The molecule has 2 nitrogen and oxygen atoms in total. The predicted octanol–water partition coefficient (Wildman–Crippen LogP) is 4.71. The molecule has 0 unspecified atom stereocenters. The Morgan fingerprint density at radius 2 is 1.41 bits per heavy atom. The molecule has 0 atom stereocenters. The first-order valence-corrected chi connectivity index (χ1v) is 10.1. The summed E-state index contributed by atoms with van der Waals surface area (Å²) in [6, 6.07) is 30.4. The molecular weight excluding hydrogens is 353 g/mol. The number of benzene rings is 4. The molecule has 3 heteroatoms. The van der Waals surface area contributed by atoms with Gasteiger partial charge < -0.3 is 9.64 Å². The third-order valence-corrected chi connectivity index (χ3v) is 6.05. The van der Waals surface area contributed by atoms with Crippen LogP contribution < -0.4 is 26.0 Å². The number of rotatable bonds is 1. The summed E-state index contributed by atoms with van der Waals surface area (Å²) in [6.07, 6.45) is 0. The first-order valence-electron chi connectivity index (χ1n) is 10.1. The number of aryl methyl sites for hydroxylation is 2. The van der Waals surface area contributed by atoms with E-state index in [0.29, 0.717) is 0 Å². The molecule has 0 bridgehead atoms. The highest BCUT2D eigenvalue weighted by molar-refractivity contribution is 6.99. The van der Waals surface area contributed by atoms with Gasteiger partial charge >= 0.3 is 0 Å². The molecule has 6 rings (SSSR count). The second-order valence-corrected chi connectivity index (χ2v) is 8.00. The average molecular weight is 373 g/mol. The third-order valence-electron chi connectivity index (χ3n) is 6.05. The minimum atomic E-state index is 0.183. The van der Waals surface area contributed by atoms with Crippen LogP contribution in [-0.2, 0) is 0 Å². The van der Waals surface area contributed by atoms with Gasteiger partial charge in [0, 0.05) is 17.1 Å². The van der Waals surface area contributed by atoms with E-state index in [1.54, 1.807) is 0 Å². The topological polar surface area (TPSA) is 12.5 Å². The van der Waals surface area contributed by atoms with Crippen LogP contribution in [0.25, 0.3) is 0 Å². The van der Waals surface area contributed by atoms with E-state index in [2.05, 4.69) is 97.6 Å². The Kier molecular flexibility index (Phi) is 3.42. The Hall–Kier alpha value is -3.46. The van der Waals surface area contributed by atoms with Gasteiger partial charge in [0.2, 0.25) is 0 Å². The van der Waals surface area contributed by atoms with Crippen molar-refractivity contribution in [3.63, 3.8) is 0 Å². The smallest absolute Gasteiger partial charge is 0.256 e. The number of para-hydroxylation sites is 1. The lowest BCUT2D eigenvalue weighted by Crippen LogP contribution is -2.59. The normalized spacial score (nSPS) is 13.3. The number of nitrogens with zero attached hydrogens (tertiary/aromatic N) is 1. The van der Waals surface area contributed by atoms with E-state index < -0.39 is 0 Å². The fourth-order valence-electron chi connectivity index (χ4n) is 4.73. The minimum absolute atomic E-state index is 0.183. The highest BCUT2D eigenvalue weighted by Gasteiger charge is 2.41. The van der Waals surface area contributed by atoms with Crippen LogP contribution >= 0.6 is 0 Å². The Morgan fingerprint density at radius 1 is 0.655 bits per heavy atom. The van der Waals surface area contributed by atoms with E-state index in [-0.39, 0.29) is 6.71 Å². The number of hydrogen-bond acceptors (Lipinski definition) is 2. The summed E-state index contributed by atoms with van der Waals surface area (Å²) in [7, 11) is 0.